The van der Waals surface area contributed by atoms with Crippen LogP contribution >= 0.6 is 0 Å². The average Bonchev–Trinajstić information content (AvgIpc) is 2.98. The monoisotopic (exact) mass is 557 g/mol. The van der Waals surface area contributed by atoms with Crippen LogP contribution in [0.1, 0.15) is 22.8 Å². The van der Waals surface area contributed by atoms with E-state index in [2.05, 4.69) is 10.5 Å². The number of carbonyl (C=O) groups is 2. The number of rotatable bonds is 11. The standard InChI is InChI=1S/C30H27N3O6S/c1-2-38-26-17-19-28(20-18-26)40(36,37)33(25-11-7-4-8-12-25)22-29(34)32-31-21-23-13-15-27(16-14-23)39-30(35)24-9-5-3-6-10-24/h3-21H,2,22H2,1H3,(H,32,34)/b31-21-. The molecule has 0 aromatic heterocycles. The topological polar surface area (TPSA) is 114 Å². The highest BCUT2D eigenvalue weighted by Crippen LogP contribution is 2.25. The van der Waals surface area contributed by atoms with E-state index < -0.39 is 28.4 Å². The highest BCUT2D eigenvalue weighted by molar-refractivity contribution is 7.92. The Hall–Kier alpha value is -4.96. The molecule has 0 saturated carbocycles. The summed E-state index contributed by atoms with van der Waals surface area (Å²) in [5, 5.41) is 3.94. The highest BCUT2D eigenvalue weighted by atomic mass is 32.2. The SMILES string of the molecule is CCOc1ccc(S(=O)(=O)N(CC(=O)N/N=C\c2ccc(OC(=O)c3ccccc3)cc2)c2ccccc2)cc1. The van der Waals surface area contributed by atoms with Crippen LogP contribution in [0.2, 0.25) is 0 Å². The first-order chi connectivity index (χ1) is 19.4. The van der Waals surface area contributed by atoms with E-state index in [0.717, 1.165) is 4.31 Å². The predicted octanol–water partition coefficient (Wildman–Crippen LogP) is 4.65. The smallest absolute Gasteiger partial charge is 0.343 e. The summed E-state index contributed by atoms with van der Waals surface area (Å²) in [5.41, 5.74) is 3.76. The number of benzene rings is 4. The van der Waals surface area contributed by atoms with Gasteiger partial charge in [-0.1, -0.05) is 36.4 Å². The molecule has 0 atom stereocenters. The number of para-hydroxylation sites is 1. The largest absolute Gasteiger partial charge is 0.494 e. The van der Waals surface area contributed by atoms with E-state index in [-0.39, 0.29) is 4.90 Å². The van der Waals surface area contributed by atoms with E-state index >= 15 is 0 Å². The van der Waals surface area contributed by atoms with Gasteiger partial charge in [0.05, 0.1) is 29.0 Å². The maximum atomic E-state index is 13.5. The average molecular weight is 558 g/mol. The summed E-state index contributed by atoms with van der Waals surface area (Å²) in [6.07, 6.45) is 1.40. The van der Waals surface area contributed by atoms with Crippen LogP contribution in [0.5, 0.6) is 11.5 Å². The summed E-state index contributed by atoms with van der Waals surface area (Å²) in [6.45, 7) is 1.79. The van der Waals surface area contributed by atoms with Gasteiger partial charge in [0.2, 0.25) is 0 Å². The van der Waals surface area contributed by atoms with Crippen molar-refractivity contribution in [3.8, 4) is 11.5 Å². The molecule has 9 nitrogen and oxygen atoms in total. The third-order valence-electron chi connectivity index (χ3n) is 5.56. The van der Waals surface area contributed by atoms with Crippen molar-refractivity contribution in [3.63, 3.8) is 0 Å². The van der Waals surface area contributed by atoms with Gasteiger partial charge in [0, 0.05) is 0 Å². The van der Waals surface area contributed by atoms with Crippen LogP contribution in [0.3, 0.4) is 0 Å². The molecule has 0 aliphatic rings. The van der Waals surface area contributed by atoms with Gasteiger partial charge in [-0.15, -0.1) is 0 Å². The van der Waals surface area contributed by atoms with Gasteiger partial charge in [0.25, 0.3) is 15.9 Å². The molecule has 4 rings (SSSR count). The Morgan fingerprint density at radius 2 is 1.43 bits per heavy atom. The van der Waals surface area contributed by atoms with E-state index in [1.165, 1.54) is 18.3 Å². The molecule has 40 heavy (non-hydrogen) atoms. The first-order valence-corrected chi connectivity index (χ1v) is 13.8. The third kappa shape index (κ3) is 7.33. The number of amides is 1. The number of nitrogens with zero attached hydrogens (tertiary/aromatic N) is 2. The number of nitrogens with one attached hydrogen (secondary N) is 1. The first-order valence-electron chi connectivity index (χ1n) is 12.4. The normalized spacial score (nSPS) is 11.1. The van der Waals surface area contributed by atoms with Crippen molar-refractivity contribution in [1.29, 1.82) is 0 Å². The van der Waals surface area contributed by atoms with Crippen molar-refractivity contribution in [2.24, 2.45) is 5.10 Å². The summed E-state index contributed by atoms with van der Waals surface area (Å²) in [6, 6.07) is 29.5. The zero-order chi connectivity index (χ0) is 28.4. The van der Waals surface area contributed by atoms with Crippen molar-refractivity contribution >= 4 is 33.8 Å². The molecule has 0 heterocycles. The number of esters is 1. The lowest BCUT2D eigenvalue weighted by molar-refractivity contribution is -0.119. The fourth-order valence-corrected chi connectivity index (χ4v) is 5.04. The predicted molar refractivity (Wildman–Crippen MR) is 152 cm³/mol. The molecule has 0 aliphatic carbocycles. The summed E-state index contributed by atoms with van der Waals surface area (Å²) < 4.78 is 38.7. The second-order valence-electron chi connectivity index (χ2n) is 8.37. The molecule has 0 saturated heterocycles. The van der Waals surface area contributed by atoms with Crippen LogP contribution in [0.25, 0.3) is 0 Å². The summed E-state index contributed by atoms with van der Waals surface area (Å²) in [7, 11) is -4.07. The molecule has 0 fully saturated rings. The fourth-order valence-electron chi connectivity index (χ4n) is 3.62. The van der Waals surface area contributed by atoms with Crippen LogP contribution in [0.4, 0.5) is 5.69 Å². The minimum absolute atomic E-state index is 0.0177. The molecular weight excluding hydrogens is 530 g/mol. The Morgan fingerprint density at radius 1 is 0.825 bits per heavy atom. The quantitative estimate of drug-likeness (QED) is 0.124. The molecule has 0 radical (unpaired) electrons. The van der Waals surface area contributed by atoms with Crippen molar-refractivity contribution < 1.29 is 27.5 Å². The molecular formula is C30H27N3O6S. The zero-order valence-electron chi connectivity index (χ0n) is 21.6. The van der Waals surface area contributed by atoms with Crippen molar-refractivity contribution in [1.82, 2.24) is 5.43 Å². The molecule has 1 amide bonds. The van der Waals surface area contributed by atoms with Crippen molar-refractivity contribution in [3.05, 3.63) is 120 Å². The number of hydrogen-bond donors (Lipinski definition) is 1. The lowest BCUT2D eigenvalue weighted by Crippen LogP contribution is -2.39. The van der Waals surface area contributed by atoms with E-state index in [1.807, 2.05) is 13.0 Å². The number of anilines is 1. The Morgan fingerprint density at radius 3 is 2.05 bits per heavy atom. The molecule has 10 heteroatoms. The number of hydrazone groups is 1. The van der Waals surface area contributed by atoms with Crippen molar-refractivity contribution in [2.45, 2.75) is 11.8 Å². The molecule has 204 valence electrons. The second-order valence-corrected chi connectivity index (χ2v) is 10.2. The van der Waals surface area contributed by atoms with Crippen LogP contribution < -0.4 is 19.2 Å². The van der Waals surface area contributed by atoms with Gasteiger partial charge in [0.1, 0.15) is 18.0 Å². The van der Waals surface area contributed by atoms with Gasteiger partial charge in [0.15, 0.2) is 0 Å². The number of hydrogen-bond acceptors (Lipinski definition) is 7. The van der Waals surface area contributed by atoms with Crippen LogP contribution in [0, 0.1) is 0 Å². The number of ether oxygens (including phenoxy) is 2. The van der Waals surface area contributed by atoms with Gasteiger partial charge in [-0.3, -0.25) is 9.10 Å². The zero-order valence-corrected chi connectivity index (χ0v) is 22.5. The fraction of sp³-hybridized carbons (Fsp3) is 0.100. The molecule has 0 bridgehead atoms. The summed E-state index contributed by atoms with van der Waals surface area (Å²) >= 11 is 0. The molecule has 4 aromatic rings. The first kappa shape index (κ1) is 28.1. The summed E-state index contributed by atoms with van der Waals surface area (Å²) in [4.78, 5) is 24.9. The molecule has 0 spiro atoms. The summed E-state index contributed by atoms with van der Waals surface area (Å²) in [5.74, 6) is -0.212. The molecule has 1 N–H and O–H groups in total. The van der Waals surface area contributed by atoms with Crippen molar-refractivity contribution in [2.75, 3.05) is 17.5 Å². The lowest BCUT2D eigenvalue weighted by atomic mass is 10.2. The minimum Gasteiger partial charge on any atom is -0.494 e. The van der Waals surface area contributed by atoms with Crippen LogP contribution in [-0.4, -0.2) is 39.7 Å². The Bertz CT molecular complexity index is 1560. The minimum atomic E-state index is -4.07. The van der Waals surface area contributed by atoms with E-state index in [4.69, 9.17) is 9.47 Å². The van der Waals surface area contributed by atoms with Gasteiger partial charge >= 0.3 is 5.97 Å². The van der Waals surface area contributed by atoms with Gasteiger partial charge in [-0.2, -0.15) is 5.10 Å². The van der Waals surface area contributed by atoms with Crippen LogP contribution in [-0.2, 0) is 14.8 Å². The van der Waals surface area contributed by atoms with Gasteiger partial charge in [-0.25, -0.2) is 18.6 Å². The third-order valence-corrected chi connectivity index (χ3v) is 7.35. The van der Waals surface area contributed by atoms with E-state index in [9.17, 15) is 18.0 Å². The number of sulfonamides is 1. The molecule has 0 unspecified atom stereocenters. The highest BCUT2D eigenvalue weighted by Gasteiger charge is 2.27. The Balaban J connectivity index is 1.41. The molecule has 0 aliphatic heterocycles. The molecule has 4 aromatic carbocycles. The van der Waals surface area contributed by atoms with Gasteiger partial charge < -0.3 is 9.47 Å². The maximum absolute atomic E-state index is 13.5. The van der Waals surface area contributed by atoms with E-state index in [1.54, 1.807) is 91.0 Å². The Kier molecular flexibility index (Phi) is 9.27. The number of carbonyl (C=O) groups excluding carboxylic acids is 2. The Labute approximate surface area is 232 Å². The van der Waals surface area contributed by atoms with Gasteiger partial charge in [-0.05, 0) is 85.3 Å². The van der Waals surface area contributed by atoms with Crippen LogP contribution in [0.15, 0.2) is 119 Å². The van der Waals surface area contributed by atoms with E-state index in [0.29, 0.717) is 34.9 Å². The lowest BCUT2D eigenvalue weighted by Gasteiger charge is -2.23. The maximum Gasteiger partial charge on any atom is 0.343 e. The second kappa shape index (κ2) is 13.2.